The number of benzene rings is 1. The summed E-state index contributed by atoms with van der Waals surface area (Å²) >= 11 is 1.09. The van der Waals surface area contributed by atoms with Crippen LogP contribution in [0.15, 0.2) is 24.3 Å². The number of nitrogens with one attached hydrogen (secondary N) is 2. The van der Waals surface area contributed by atoms with Crippen molar-refractivity contribution >= 4 is 34.7 Å². The molecule has 4 rings (SSSR count). The van der Waals surface area contributed by atoms with Gasteiger partial charge in [0.05, 0.1) is 0 Å². The van der Waals surface area contributed by atoms with Gasteiger partial charge in [-0.2, -0.15) is 9.36 Å². The Bertz CT molecular complexity index is 1070. The highest BCUT2D eigenvalue weighted by atomic mass is 32.1. The van der Waals surface area contributed by atoms with Crippen LogP contribution in [0.25, 0.3) is 11.4 Å². The molecule has 2 fully saturated rings. The minimum Gasteiger partial charge on any atom is -0.444 e. The number of urea groups is 1. The molecular weight excluding hydrogens is 468 g/mol. The van der Waals surface area contributed by atoms with Gasteiger partial charge in [0.2, 0.25) is 5.13 Å². The molecule has 2 aliphatic rings. The number of amides is 4. The number of carbonyl (C=O) groups is 3. The number of likely N-dealkylation sites (tertiary alicyclic amines) is 1. The average molecular weight is 501 g/mol. The van der Waals surface area contributed by atoms with E-state index in [2.05, 4.69) is 20.0 Å². The summed E-state index contributed by atoms with van der Waals surface area (Å²) in [6.07, 6.45) is 3.22. The lowest BCUT2D eigenvalue weighted by molar-refractivity contribution is 0.0142. The van der Waals surface area contributed by atoms with E-state index < -0.39 is 5.60 Å². The number of nitrogens with zero attached hydrogens (tertiary/aromatic N) is 4. The molecule has 2 aromatic rings. The zero-order valence-corrected chi connectivity index (χ0v) is 21.4. The lowest BCUT2D eigenvalue weighted by atomic mass is 10.0. The van der Waals surface area contributed by atoms with Crippen molar-refractivity contribution in [3.8, 4) is 11.4 Å². The van der Waals surface area contributed by atoms with Crippen LogP contribution in [0.1, 0.15) is 56.8 Å². The molecule has 0 atom stereocenters. The summed E-state index contributed by atoms with van der Waals surface area (Å²) < 4.78 is 9.79. The van der Waals surface area contributed by atoms with Crippen molar-refractivity contribution in [2.24, 2.45) is 0 Å². The third kappa shape index (κ3) is 6.27. The van der Waals surface area contributed by atoms with Crippen LogP contribution in [-0.4, -0.2) is 75.0 Å². The number of piperidine rings is 1. The zero-order chi connectivity index (χ0) is 25.2. The van der Waals surface area contributed by atoms with Crippen LogP contribution in [0.3, 0.4) is 0 Å². The molecule has 35 heavy (non-hydrogen) atoms. The summed E-state index contributed by atoms with van der Waals surface area (Å²) in [5.41, 5.74) is 0.868. The van der Waals surface area contributed by atoms with E-state index in [1.165, 1.54) is 7.05 Å². The first-order valence-corrected chi connectivity index (χ1v) is 12.7. The van der Waals surface area contributed by atoms with Gasteiger partial charge >= 0.3 is 12.1 Å². The quantitative estimate of drug-likeness (QED) is 0.642. The monoisotopic (exact) mass is 500 g/mol. The number of aromatic nitrogens is 2. The number of hydrogen-bond acceptors (Lipinski definition) is 7. The van der Waals surface area contributed by atoms with Gasteiger partial charge in [-0.3, -0.25) is 10.1 Å². The van der Waals surface area contributed by atoms with Gasteiger partial charge in [0.25, 0.3) is 5.91 Å². The molecule has 0 radical (unpaired) electrons. The number of rotatable bonds is 5. The number of ether oxygens (including phenoxy) is 1. The van der Waals surface area contributed by atoms with Crippen LogP contribution >= 0.6 is 11.5 Å². The van der Waals surface area contributed by atoms with Gasteiger partial charge in [-0.1, -0.05) is 12.1 Å². The number of carbonyl (C=O) groups excluding carboxylic acids is 3. The molecule has 0 bridgehead atoms. The minimum absolute atomic E-state index is 0.0166. The third-order valence-corrected chi connectivity index (χ3v) is 6.58. The fourth-order valence-electron chi connectivity index (χ4n) is 4.10. The normalized spacial score (nSPS) is 16.5. The molecule has 1 aliphatic heterocycles. The van der Waals surface area contributed by atoms with Crippen molar-refractivity contribution in [3.63, 3.8) is 0 Å². The summed E-state index contributed by atoms with van der Waals surface area (Å²) in [5.74, 6) is 0.511. The van der Waals surface area contributed by atoms with Gasteiger partial charge in [-0.05, 0) is 58.6 Å². The van der Waals surface area contributed by atoms with Gasteiger partial charge in [0, 0.05) is 54.9 Å². The fourth-order valence-corrected chi connectivity index (χ4v) is 4.68. The van der Waals surface area contributed by atoms with Crippen molar-refractivity contribution in [3.05, 3.63) is 29.8 Å². The maximum atomic E-state index is 13.5. The average Bonchev–Trinajstić information content (AvgIpc) is 3.55. The SMILES string of the molecule is CNC(=O)Nc1nc(-c2ccc(C(=O)N(C3CC3)C3CCN(C(=O)OC(C)(C)C)CC3)cc2)ns1. The summed E-state index contributed by atoms with van der Waals surface area (Å²) in [6, 6.07) is 7.27. The molecule has 1 saturated heterocycles. The van der Waals surface area contributed by atoms with Crippen LogP contribution in [0.2, 0.25) is 0 Å². The predicted molar refractivity (Wildman–Crippen MR) is 133 cm³/mol. The molecule has 1 aliphatic carbocycles. The van der Waals surface area contributed by atoms with E-state index in [9.17, 15) is 14.4 Å². The van der Waals surface area contributed by atoms with Crippen LogP contribution in [0.5, 0.6) is 0 Å². The highest BCUT2D eigenvalue weighted by Gasteiger charge is 2.39. The van der Waals surface area contributed by atoms with E-state index in [1.807, 2.05) is 37.8 Å². The van der Waals surface area contributed by atoms with Gasteiger partial charge in [-0.25, -0.2) is 9.59 Å². The molecule has 10 nitrogen and oxygen atoms in total. The maximum absolute atomic E-state index is 13.5. The van der Waals surface area contributed by atoms with Crippen molar-refractivity contribution in [1.82, 2.24) is 24.5 Å². The largest absolute Gasteiger partial charge is 0.444 e. The summed E-state index contributed by atoms with van der Waals surface area (Å²) in [6.45, 7) is 6.75. The maximum Gasteiger partial charge on any atom is 0.410 e. The molecule has 188 valence electrons. The van der Waals surface area contributed by atoms with Crippen LogP contribution < -0.4 is 10.6 Å². The van der Waals surface area contributed by atoms with E-state index in [0.717, 1.165) is 42.8 Å². The van der Waals surface area contributed by atoms with Gasteiger partial charge in [0.15, 0.2) is 5.82 Å². The molecule has 4 amide bonds. The molecule has 11 heteroatoms. The lowest BCUT2D eigenvalue weighted by Crippen LogP contribution is -2.50. The summed E-state index contributed by atoms with van der Waals surface area (Å²) in [7, 11) is 1.53. The summed E-state index contributed by atoms with van der Waals surface area (Å²) in [4.78, 5) is 45.4. The summed E-state index contributed by atoms with van der Waals surface area (Å²) in [5, 5.41) is 5.48. The Hall–Kier alpha value is -3.21. The Balaban J connectivity index is 1.39. The topological polar surface area (TPSA) is 117 Å². The second-order valence-electron chi connectivity index (χ2n) is 9.85. The van der Waals surface area contributed by atoms with Crippen LogP contribution in [0, 0.1) is 0 Å². The third-order valence-electron chi connectivity index (χ3n) is 5.95. The Kier molecular flexibility index (Phi) is 7.25. The van der Waals surface area contributed by atoms with Gasteiger partial charge in [-0.15, -0.1) is 0 Å². The Morgan fingerprint density at radius 3 is 2.26 bits per heavy atom. The zero-order valence-electron chi connectivity index (χ0n) is 20.5. The van der Waals surface area contributed by atoms with E-state index >= 15 is 0 Å². The molecular formula is C24H32N6O4S. The van der Waals surface area contributed by atoms with E-state index in [0.29, 0.717) is 29.6 Å². The lowest BCUT2D eigenvalue weighted by Gasteiger charge is -2.39. The number of hydrogen-bond donors (Lipinski definition) is 2. The molecule has 0 spiro atoms. The first kappa shape index (κ1) is 24.9. The molecule has 0 unspecified atom stereocenters. The Morgan fingerprint density at radius 1 is 1.06 bits per heavy atom. The molecule has 1 saturated carbocycles. The van der Waals surface area contributed by atoms with Crippen molar-refractivity contribution in [1.29, 1.82) is 0 Å². The van der Waals surface area contributed by atoms with Crippen molar-refractivity contribution in [2.75, 3.05) is 25.5 Å². The van der Waals surface area contributed by atoms with Crippen molar-refractivity contribution < 1.29 is 19.1 Å². The molecule has 1 aromatic carbocycles. The first-order valence-electron chi connectivity index (χ1n) is 11.9. The Labute approximate surface area is 209 Å². The number of anilines is 1. The minimum atomic E-state index is -0.521. The first-order chi connectivity index (χ1) is 16.6. The highest BCUT2D eigenvalue weighted by molar-refractivity contribution is 7.10. The van der Waals surface area contributed by atoms with Gasteiger partial charge < -0.3 is 19.9 Å². The highest BCUT2D eigenvalue weighted by Crippen LogP contribution is 2.34. The molecule has 2 heterocycles. The fraction of sp³-hybridized carbons (Fsp3) is 0.542. The van der Waals surface area contributed by atoms with Crippen molar-refractivity contribution in [2.45, 2.75) is 64.1 Å². The molecule has 1 aromatic heterocycles. The smallest absolute Gasteiger partial charge is 0.410 e. The Morgan fingerprint density at radius 2 is 1.69 bits per heavy atom. The second kappa shape index (κ2) is 10.2. The second-order valence-corrected chi connectivity index (χ2v) is 10.6. The van der Waals surface area contributed by atoms with Crippen LogP contribution in [0.4, 0.5) is 14.7 Å². The van der Waals surface area contributed by atoms with Crippen LogP contribution in [-0.2, 0) is 4.74 Å². The van der Waals surface area contributed by atoms with Gasteiger partial charge in [0.1, 0.15) is 5.60 Å². The van der Waals surface area contributed by atoms with E-state index in [1.54, 1.807) is 17.0 Å². The van der Waals surface area contributed by atoms with E-state index in [4.69, 9.17) is 4.74 Å². The standard InChI is InChI=1S/C24H32N6O4S/c1-24(2,3)34-23(33)29-13-11-18(12-14-29)30(17-9-10-17)20(31)16-7-5-15(6-8-16)19-26-22(35-28-19)27-21(32)25-4/h5-8,17-18H,9-14H2,1-4H3,(H2,25,26,27,28,32). The van der Waals surface area contributed by atoms with E-state index in [-0.39, 0.29) is 30.1 Å². The predicted octanol–water partition coefficient (Wildman–Crippen LogP) is 3.96. The molecule has 2 N–H and O–H groups in total.